The van der Waals surface area contributed by atoms with Gasteiger partial charge in [0.25, 0.3) is 0 Å². The predicted molar refractivity (Wildman–Crippen MR) is 165 cm³/mol. The van der Waals surface area contributed by atoms with E-state index in [2.05, 4.69) is 68.4 Å². The number of hydrogen-bond acceptors (Lipinski definition) is 1. The van der Waals surface area contributed by atoms with Crippen LogP contribution in [0.5, 0.6) is 0 Å². The predicted octanol–water partition coefficient (Wildman–Crippen LogP) is 9.61. The molecule has 2 N–H and O–H groups in total. The standard InChI is InChI=1S/C39H45N/c1-3-39(40,4-2)28-13-14-30-32-19-35-31(18-36(32)38(34(30)17-28)22-26-11-12-27(16-26)23-38)29-7-5-6-8-33(29)37(35)20-24-9-10-25(15-24)21-37/h5-8,13-14,17-19,24-27H,3-4,9-12,15-16,20-23,40H2,1-2H3. The summed E-state index contributed by atoms with van der Waals surface area (Å²) in [5.74, 6) is 3.56. The van der Waals surface area contributed by atoms with Crippen LogP contribution >= 0.6 is 0 Å². The lowest BCUT2D eigenvalue weighted by molar-refractivity contribution is 0.253. The van der Waals surface area contributed by atoms with Gasteiger partial charge in [0, 0.05) is 16.4 Å². The zero-order valence-corrected chi connectivity index (χ0v) is 24.6. The fourth-order valence-corrected chi connectivity index (χ4v) is 11.5. The highest BCUT2D eigenvalue weighted by atomic mass is 14.7. The van der Waals surface area contributed by atoms with Crippen molar-refractivity contribution in [1.82, 2.24) is 0 Å². The van der Waals surface area contributed by atoms with Gasteiger partial charge in [0.05, 0.1) is 0 Å². The van der Waals surface area contributed by atoms with Gasteiger partial charge >= 0.3 is 0 Å². The Kier molecular flexibility index (Phi) is 4.92. The van der Waals surface area contributed by atoms with Crippen molar-refractivity contribution in [2.75, 3.05) is 0 Å². The first-order chi connectivity index (χ1) is 19.5. The van der Waals surface area contributed by atoms with E-state index >= 15 is 0 Å². The van der Waals surface area contributed by atoms with E-state index in [1.807, 2.05) is 0 Å². The Bertz CT molecular complexity index is 1510. The number of benzene rings is 3. The van der Waals surface area contributed by atoms with Gasteiger partial charge in [0.15, 0.2) is 0 Å². The molecule has 0 amide bonds. The van der Waals surface area contributed by atoms with Crippen LogP contribution in [0.25, 0.3) is 22.3 Å². The Morgan fingerprint density at radius 2 is 1.07 bits per heavy atom. The van der Waals surface area contributed by atoms with Crippen LogP contribution < -0.4 is 5.73 Å². The molecule has 1 nitrogen and oxygen atoms in total. The van der Waals surface area contributed by atoms with Crippen molar-refractivity contribution in [3.63, 3.8) is 0 Å². The molecule has 206 valence electrons. The summed E-state index contributed by atoms with van der Waals surface area (Å²) in [5.41, 5.74) is 21.4. The third-order valence-corrected chi connectivity index (χ3v) is 13.4. The maximum absolute atomic E-state index is 7.06. The van der Waals surface area contributed by atoms with Gasteiger partial charge in [-0.1, -0.05) is 82.0 Å². The molecular weight excluding hydrogens is 482 g/mol. The third-order valence-electron chi connectivity index (χ3n) is 13.4. The lowest BCUT2D eigenvalue weighted by atomic mass is 9.62. The molecule has 4 unspecified atom stereocenters. The average Bonchev–Trinajstić information content (AvgIpc) is 3.67. The fraction of sp³-hybridized carbons (Fsp3) is 0.538. The minimum absolute atomic E-state index is 0.165. The van der Waals surface area contributed by atoms with Crippen LogP contribution in [0.2, 0.25) is 0 Å². The van der Waals surface area contributed by atoms with Gasteiger partial charge in [0.2, 0.25) is 0 Å². The Hall–Kier alpha value is -2.38. The van der Waals surface area contributed by atoms with E-state index in [0.717, 1.165) is 36.5 Å². The monoisotopic (exact) mass is 527 g/mol. The molecule has 4 bridgehead atoms. The first-order valence-electron chi connectivity index (χ1n) is 16.7. The van der Waals surface area contributed by atoms with Crippen LogP contribution in [0, 0.1) is 23.7 Å². The molecule has 0 aromatic heterocycles. The molecule has 4 fully saturated rings. The van der Waals surface area contributed by atoms with E-state index in [-0.39, 0.29) is 16.4 Å². The molecular formula is C39H45N. The van der Waals surface area contributed by atoms with Crippen molar-refractivity contribution in [2.24, 2.45) is 29.4 Å². The van der Waals surface area contributed by atoms with Gasteiger partial charge < -0.3 is 5.73 Å². The Morgan fingerprint density at radius 3 is 1.62 bits per heavy atom. The van der Waals surface area contributed by atoms with Crippen molar-refractivity contribution < 1.29 is 0 Å². The van der Waals surface area contributed by atoms with Gasteiger partial charge in [0.1, 0.15) is 0 Å². The van der Waals surface area contributed by atoms with Crippen LogP contribution in [0.3, 0.4) is 0 Å². The summed E-state index contributed by atoms with van der Waals surface area (Å²) in [6.07, 6.45) is 16.0. The normalized spacial score (nSPS) is 34.3. The van der Waals surface area contributed by atoms with E-state index < -0.39 is 0 Å². The molecule has 0 aliphatic heterocycles. The quantitative estimate of drug-likeness (QED) is 0.360. The van der Waals surface area contributed by atoms with E-state index in [9.17, 15) is 0 Å². The molecule has 3 aromatic carbocycles. The molecule has 6 aliphatic rings. The van der Waals surface area contributed by atoms with E-state index in [0.29, 0.717) is 0 Å². The van der Waals surface area contributed by atoms with Crippen LogP contribution in [0.15, 0.2) is 54.6 Å². The third kappa shape index (κ3) is 2.98. The topological polar surface area (TPSA) is 26.0 Å². The smallest absolute Gasteiger partial charge is 0.0404 e. The molecule has 6 aliphatic carbocycles. The fourth-order valence-electron chi connectivity index (χ4n) is 11.5. The maximum Gasteiger partial charge on any atom is 0.0404 e. The number of hydrogen-bond donors (Lipinski definition) is 1. The second kappa shape index (κ2) is 8.13. The average molecular weight is 528 g/mol. The van der Waals surface area contributed by atoms with Crippen molar-refractivity contribution in [1.29, 1.82) is 0 Å². The van der Waals surface area contributed by atoms with E-state index in [1.54, 1.807) is 38.9 Å². The molecule has 4 atom stereocenters. The number of rotatable bonds is 3. The summed E-state index contributed by atoms with van der Waals surface area (Å²) in [6.45, 7) is 4.53. The summed E-state index contributed by atoms with van der Waals surface area (Å²) in [5, 5.41) is 0. The van der Waals surface area contributed by atoms with Gasteiger partial charge in [-0.05, 0) is 137 Å². The lowest BCUT2D eigenvalue weighted by Crippen LogP contribution is -2.37. The highest BCUT2D eigenvalue weighted by Crippen LogP contribution is 2.66. The van der Waals surface area contributed by atoms with Gasteiger partial charge in [-0.2, -0.15) is 0 Å². The zero-order valence-electron chi connectivity index (χ0n) is 24.6. The molecule has 3 aromatic rings. The summed E-state index contributed by atoms with van der Waals surface area (Å²) in [7, 11) is 0. The molecule has 4 saturated carbocycles. The number of nitrogens with two attached hydrogens (primary N) is 1. The highest BCUT2D eigenvalue weighted by Gasteiger charge is 2.54. The van der Waals surface area contributed by atoms with E-state index in [1.165, 1.54) is 75.3 Å². The molecule has 1 heteroatoms. The van der Waals surface area contributed by atoms with Crippen LogP contribution in [-0.4, -0.2) is 0 Å². The molecule has 2 spiro atoms. The van der Waals surface area contributed by atoms with Crippen LogP contribution in [-0.2, 0) is 16.4 Å². The largest absolute Gasteiger partial charge is 0.321 e. The summed E-state index contributed by atoms with van der Waals surface area (Å²) >= 11 is 0. The van der Waals surface area contributed by atoms with Gasteiger partial charge in [-0.25, -0.2) is 0 Å². The second-order valence-corrected chi connectivity index (χ2v) is 15.2. The molecule has 9 rings (SSSR count). The van der Waals surface area contributed by atoms with Crippen molar-refractivity contribution >= 4 is 0 Å². The Balaban J connectivity index is 1.30. The first kappa shape index (κ1) is 24.2. The molecule has 0 radical (unpaired) electrons. The minimum atomic E-state index is -0.231. The van der Waals surface area contributed by atoms with Crippen molar-refractivity contribution in [3.8, 4) is 22.3 Å². The Labute approximate surface area is 241 Å². The van der Waals surface area contributed by atoms with E-state index in [4.69, 9.17) is 5.73 Å². The summed E-state index contributed by atoms with van der Waals surface area (Å²) in [6, 6.07) is 22.5. The zero-order chi connectivity index (χ0) is 26.9. The highest BCUT2D eigenvalue weighted by molar-refractivity contribution is 5.90. The summed E-state index contributed by atoms with van der Waals surface area (Å²) in [4.78, 5) is 0. The SMILES string of the molecule is CCC(N)(CC)c1ccc2c(c1)C1(CC3CCC(C3)C1)c1cc3c(cc1-2)C1(CC2CCC(C2)C1)c1ccccc1-3. The van der Waals surface area contributed by atoms with Crippen LogP contribution in [0.4, 0.5) is 0 Å². The summed E-state index contributed by atoms with van der Waals surface area (Å²) < 4.78 is 0. The van der Waals surface area contributed by atoms with Gasteiger partial charge in [-0.3, -0.25) is 0 Å². The molecule has 0 heterocycles. The van der Waals surface area contributed by atoms with Crippen LogP contribution in [0.1, 0.15) is 119 Å². The van der Waals surface area contributed by atoms with Crippen molar-refractivity contribution in [2.45, 2.75) is 107 Å². The molecule has 40 heavy (non-hydrogen) atoms. The first-order valence-corrected chi connectivity index (χ1v) is 16.7. The lowest BCUT2D eigenvalue weighted by Gasteiger charge is -2.41. The van der Waals surface area contributed by atoms with Gasteiger partial charge in [-0.15, -0.1) is 0 Å². The molecule has 0 saturated heterocycles. The minimum Gasteiger partial charge on any atom is -0.321 e. The second-order valence-electron chi connectivity index (χ2n) is 15.2. The number of fused-ring (bicyclic) bond motifs is 14. The maximum atomic E-state index is 7.06. The Morgan fingerprint density at radius 1 is 0.600 bits per heavy atom. The van der Waals surface area contributed by atoms with Crippen molar-refractivity contribution in [3.05, 3.63) is 82.4 Å².